The highest BCUT2D eigenvalue weighted by Crippen LogP contribution is 2.03. The monoisotopic (exact) mass is 446 g/mol. The first-order valence-electron chi connectivity index (χ1n) is 9.28. The topological polar surface area (TPSA) is 278 Å². The third-order valence-corrected chi connectivity index (χ3v) is 3.85. The maximum absolute atomic E-state index is 12.5. The summed E-state index contributed by atoms with van der Waals surface area (Å²) < 4.78 is 0. The third-order valence-electron chi connectivity index (χ3n) is 3.85. The van der Waals surface area contributed by atoms with Crippen molar-refractivity contribution in [3.8, 4) is 0 Å². The van der Waals surface area contributed by atoms with Crippen molar-refractivity contribution < 1.29 is 34.2 Å². The summed E-state index contributed by atoms with van der Waals surface area (Å²) in [4.78, 5) is 62.1. The summed E-state index contributed by atoms with van der Waals surface area (Å²) in [7, 11) is 0. The fraction of sp³-hybridized carbons (Fsp3) is 0.625. The van der Waals surface area contributed by atoms with E-state index in [2.05, 4.69) is 20.9 Å². The minimum absolute atomic E-state index is 0.0423. The summed E-state index contributed by atoms with van der Waals surface area (Å²) in [5.74, 6) is -4.64. The first kappa shape index (κ1) is 27.5. The highest BCUT2D eigenvalue weighted by molar-refractivity contribution is 5.92. The molecule has 31 heavy (non-hydrogen) atoms. The molecule has 0 aliphatic carbocycles. The lowest BCUT2D eigenvalue weighted by Gasteiger charge is -2.21. The molecule has 0 aromatic rings. The number of aliphatic imine (C=N–C) groups is 1. The number of nitrogens with two attached hydrogens (primary N) is 4. The van der Waals surface area contributed by atoms with Crippen LogP contribution in [0.3, 0.4) is 0 Å². The number of carboxylic acid groups (broad SMARTS) is 1. The number of aliphatic hydroxyl groups excluding tert-OH is 1. The zero-order chi connectivity index (χ0) is 24.0. The summed E-state index contributed by atoms with van der Waals surface area (Å²) in [6, 6.07) is -3.80. The average Bonchev–Trinajstić information content (AvgIpc) is 2.69. The van der Waals surface area contributed by atoms with Crippen molar-refractivity contribution in [1.29, 1.82) is 0 Å². The Labute approximate surface area is 178 Å². The number of hydrogen-bond donors (Lipinski definition) is 9. The van der Waals surface area contributed by atoms with Gasteiger partial charge in [0, 0.05) is 13.0 Å². The molecule has 0 spiro atoms. The van der Waals surface area contributed by atoms with Gasteiger partial charge in [0.05, 0.1) is 13.2 Å². The molecule has 0 rings (SSSR count). The second kappa shape index (κ2) is 14.5. The molecular formula is C16H30N8O7. The van der Waals surface area contributed by atoms with Gasteiger partial charge in [0.15, 0.2) is 5.96 Å². The van der Waals surface area contributed by atoms with Crippen molar-refractivity contribution in [2.24, 2.45) is 27.9 Å². The highest BCUT2D eigenvalue weighted by Gasteiger charge is 2.26. The van der Waals surface area contributed by atoms with Crippen LogP contribution in [0.2, 0.25) is 0 Å². The number of hydrogen-bond acceptors (Lipinski definition) is 8. The van der Waals surface area contributed by atoms with Gasteiger partial charge in [-0.2, -0.15) is 0 Å². The maximum atomic E-state index is 12.5. The molecule has 0 aliphatic heterocycles. The molecule has 0 radical (unpaired) electrons. The molecule has 15 heteroatoms. The number of guanidine groups is 1. The Morgan fingerprint density at radius 2 is 1.58 bits per heavy atom. The fourth-order valence-electron chi connectivity index (χ4n) is 2.22. The zero-order valence-electron chi connectivity index (χ0n) is 16.9. The van der Waals surface area contributed by atoms with Crippen LogP contribution in [-0.4, -0.2) is 83.6 Å². The first-order valence-corrected chi connectivity index (χ1v) is 9.28. The summed E-state index contributed by atoms with van der Waals surface area (Å²) in [5.41, 5.74) is 20.7. The Kier molecular flexibility index (Phi) is 12.9. The lowest BCUT2D eigenvalue weighted by atomic mass is 10.1. The number of aliphatic carboxylic acids is 1. The summed E-state index contributed by atoms with van der Waals surface area (Å²) in [5, 5.41) is 24.8. The fourth-order valence-corrected chi connectivity index (χ4v) is 2.22. The SMILES string of the molecule is NC(=O)CCC(NC(=O)C(CCCN=C(N)N)NC(=O)CNC(=O)C(N)CO)C(=O)O. The predicted molar refractivity (Wildman–Crippen MR) is 108 cm³/mol. The number of nitrogens with zero attached hydrogens (tertiary/aromatic N) is 1. The number of nitrogens with one attached hydrogen (secondary N) is 3. The molecule has 3 unspecified atom stereocenters. The van der Waals surface area contributed by atoms with Crippen LogP contribution in [0.15, 0.2) is 4.99 Å². The standard InChI is InChI=1S/C16H30N8O7/c17-8(7-25)13(28)22-6-12(27)23-9(2-1-5-21-16(19)20)14(29)24-10(15(30)31)3-4-11(18)26/h8-10,25H,1-7,17H2,(H2,18,26)(H,22,28)(H,23,27)(H,24,29)(H,30,31)(H4,19,20,21). The van der Waals surface area contributed by atoms with Gasteiger partial charge in [-0.15, -0.1) is 0 Å². The van der Waals surface area contributed by atoms with Crippen LogP contribution >= 0.6 is 0 Å². The molecule has 0 aromatic heterocycles. The second-order valence-corrected chi connectivity index (χ2v) is 6.48. The number of amides is 4. The molecule has 0 saturated carbocycles. The van der Waals surface area contributed by atoms with E-state index in [1.54, 1.807) is 0 Å². The van der Waals surface area contributed by atoms with E-state index >= 15 is 0 Å². The van der Waals surface area contributed by atoms with Gasteiger partial charge in [-0.3, -0.25) is 24.2 Å². The normalized spacial score (nSPS) is 13.2. The Morgan fingerprint density at radius 3 is 2.10 bits per heavy atom. The number of primary amides is 1. The smallest absolute Gasteiger partial charge is 0.326 e. The largest absolute Gasteiger partial charge is 0.480 e. The van der Waals surface area contributed by atoms with E-state index < -0.39 is 60.9 Å². The number of carbonyl (C=O) groups is 5. The van der Waals surface area contributed by atoms with Gasteiger partial charge < -0.3 is 49.1 Å². The van der Waals surface area contributed by atoms with Gasteiger partial charge >= 0.3 is 5.97 Å². The van der Waals surface area contributed by atoms with Gasteiger partial charge in [0.2, 0.25) is 23.6 Å². The van der Waals surface area contributed by atoms with Crippen LogP contribution in [0.1, 0.15) is 25.7 Å². The van der Waals surface area contributed by atoms with Gasteiger partial charge in [-0.1, -0.05) is 0 Å². The molecule has 4 amide bonds. The lowest BCUT2D eigenvalue weighted by molar-refractivity contribution is -0.142. The third kappa shape index (κ3) is 12.7. The molecule has 3 atom stereocenters. The van der Waals surface area contributed by atoms with E-state index in [1.165, 1.54) is 0 Å². The van der Waals surface area contributed by atoms with Crippen molar-refractivity contribution in [3.63, 3.8) is 0 Å². The first-order chi connectivity index (χ1) is 14.5. The van der Waals surface area contributed by atoms with E-state index in [0.717, 1.165) is 0 Å². The number of aliphatic hydroxyl groups is 1. The Balaban J connectivity index is 5.07. The van der Waals surface area contributed by atoms with Gasteiger partial charge in [0.1, 0.15) is 18.1 Å². The Bertz CT molecular complexity index is 681. The van der Waals surface area contributed by atoms with E-state index in [9.17, 15) is 29.1 Å². The zero-order valence-corrected chi connectivity index (χ0v) is 16.9. The van der Waals surface area contributed by atoms with Crippen LogP contribution in [0.5, 0.6) is 0 Å². The van der Waals surface area contributed by atoms with Crippen molar-refractivity contribution in [2.75, 3.05) is 19.7 Å². The Hall–Kier alpha value is -3.46. The minimum atomic E-state index is -1.40. The van der Waals surface area contributed by atoms with Crippen LogP contribution < -0.4 is 38.9 Å². The molecule has 0 aromatic carbocycles. The summed E-state index contributed by atoms with van der Waals surface area (Å²) >= 11 is 0. The van der Waals surface area contributed by atoms with Gasteiger partial charge in [0.25, 0.3) is 0 Å². The molecule has 15 nitrogen and oxygen atoms in total. The highest BCUT2D eigenvalue weighted by atomic mass is 16.4. The second-order valence-electron chi connectivity index (χ2n) is 6.48. The van der Waals surface area contributed by atoms with Crippen LogP contribution in [0, 0.1) is 0 Å². The minimum Gasteiger partial charge on any atom is -0.480 e. The van der Waals surface area contributed by atoms with E-state index in [1.807, 2.05) is 0 Å². The lowest BCUT2D eigenvalue weighted by Crippen LogP contribution is -2.54. The molecule has 0 saturated heterocycles. The van der Waals surface area contributed by atoms with Crippen LogP contribution in [0.4, 0.5) is 0 Å². The van der Waals surface area contributed by atoms with Crippen molar-refractivity contribution in [3.05, 3.63) is 0 Å². The molecule has 13 N–H and O–H groups in total. The van der Waals surface area contributed by atoms with E-state index in [0.29, 0.717) is 0 Å². The molecule has 0 aliphatic rings. The average molecular weight is 446 g/mol. The number of carbonyl (C=O) groups excluding carboxylic acids is 4. The number of rotatable bonds is 15. The van der Waals surface area contributed by atoms with Crippen LogP contribution in [0.25, 0.3) is 0 Å². The van der Waals surface area contributed by atoms with E-state index in [-0.39, 0.29) is 38.2 Å². The summed E-state index contributed by atoms with van der Waals surface area (Å²) in [6.07, 6.45) is -0.201. The number of carboxylic acids is 1. The van der Waals surface area contributed by atoms with Crippen molar-refractivity contribution >= 4 is 35.6 Å². The molecule has 176 valence electrons. The van der Waals surface area contributed by atoms with Gasteiger partial charge in [-0.25, -0.2) is 4.79 Å². The van der Waals surface area contributed by atoms with Crippen molar-refractivity contribution in [1.82, 2.24) is 16.0 Å². The van der Waals surface area contributed by atoms with E-state index in [4.69, 9.17) is 28.0 Å². The quantitative estimate of drug-likeness (QED) is 0.0654. The maximum Gasteiger partial charge on any atom is 0.326 e. The van der Waals surface area contributed by atoms with Gasteiger partial charge in [-0.05, 0) is 19.3 Å². The van der Waals surface area contributed by atoms with Crippen molar-refractivity contribution in [2.45, 2.75) is 43.8 Å². The Morgan fingerprint density at radius 1 is 0.935 bits per heavy atom. The molecule has 0 fully saturated rings. The summed E-state index contributed by atoms with van der Waals surface area (Å²) in [6.45, 7) is -1.01. The molecule has 0 bridgehead atoms. The molecule has 0 heterocycles. The predicted octanol–water partition coefficient (Wildman–Crippen LogP) is -5.20. The van der Waals surface area contributed by atoms with Crippen LogP contribution in [-0.2, 0) is 24.0 Å². The molecular weight excluding hydrogens is 416 g/mol.